The predicted octanol–water partition coefficient (Wildman–Crippen LogP) is 2.54. The third kappa shape index (κ3) is 6.35. The van der Waals surface area contributed by atoms with Crippen LogP contribution in [0.4, 0.5) is 0 Å². The molecule has 0 spiro atoms. The molecule has 0 unspecified atom stereocenters. The first-order chi connectivity index (χ1) is 3.41. The van der Waals surface area contributed by atoms with Gasteiger partial charge in [-0.3, -0.25) is 0 Å². The van der Waals surface area contributed by atoms with Crippen molar-refractivity contribution in [3.8, 4) is 0 Å². The molecule has 0 radical (unpaired) electrons. The van der Waals surface area contributed by atoms with Gasteiger partial charge in [0.15, 0.2) is 0 Å². The third-order valence-corrected chi connectivity index (χ3v) is 1.000. The molecule has 0 amide bonds. The molecule has 44 valence electrons. The zero-order chi connectivity index (χ0) is 5.54. The summed E-state index contributed by atoms with van der Waals surface area (Å²) in [7, 11) is 0. The van der Waals surface area contributed by atoms with Crippen molar-refractivity contribution in [2.24, 2.45) is 0 Å². The molecule has 1 rings (SSSR count). The molecule has 0 aromatic carbocycles. The monoisotopic (exact) mass is 118 g/mol. The largest absolute Gasteiger partial charge is 0.169 e. The van der Waals surface area contributed by atoms with Gasteiger partial charge in [-0.25, -0.2) is 0 Å². The maximum Gasteiger partial charge on any atom is -0.0187 e. The van der Waals surface area contributed by atoms with Crippen LogP contribution < -0.4 is 0 Å². The van der Waals surface area contributed by atoms with Gasteiger partial charge >= 0.3 is 0 Å². The van der Waals surface area contributed by atoms with Gasteiger partial charge in [-0.2, -0.15) is 11.8 Å². The molecule has 1 saturated carbocycles. The van der Waals surface area contributed by atoms with E-state index < -0.39 is 0 Å². The van der Waals surface area contributed by atoms with Crippen LogP contribution in [-0.4, -0.2) is 12.5 Å². The first-order valence-electron chi connectivity index (χ1n) is 2.82. The minimum Gasteiger partial charge on any atom is -0.169 e. The Bertz CT molecular complexity index is 19.4. The van der Waals surface area contributed by atoms with E-state index in [0.717, 1.165) is 0 Å². The fraction of sp³-hybridized carbons (Fsp3) is 1.00. The minimum atomic E-state index is 1.50. The molecule has 0 aromatic heterocycles. The summed E-state index contributed by atoms with van der Waals surface area (Å²) in [5.41, 5.74) is 0. The summed E-state index contributed by atoms with van der Waals surface area (Å²) in [5, 5.41) is 0. The molecule has 1 aliphatic carbocycles. The van der Waals surface area contributed by atoms with Crippen LogP contribution in [0, 0.1) is 0 Å². The first kappa shape index (κ1) is 7.35. The second kappa shape index (κ2) is 6.35. The molecule has 0 heterocycles. The van der Waals surface area contributed by atoms with E-state index in [1.165, 1.54) is 25.7 Å². The molecule has 0 aliphatic heterocycles. The molecule has 7 heavy (non-hydrogen) atoms. The molecule has 1 aliphatic rings. The predicted molar refractivity (Wildman–Crippen MR) is 37.9 cm³/mol. The van der Waals surface area contributed by atoms with E-state index >= 15 is 0 Å². The van der Waals surface area contributed by atoms with E-state index in [-0.39, 0.29) is 0 Å². The van der Waals surface area contributed by atoms with Gasteiger partial charge < -0.3 is 0 Å². The number of rotatable bonds is 0. The lowest BCUT2D eigenvalue weighted by molar-refractivity contribution is 0.504. The van der Waals surface area contributed by atoms with Crippen molar-refractivity contribution >= 4 is 11.8 Å². The Balaban J connectivity index is 0.000000110. The van der Waals surface area contributed by atoms with Gasteiger partial charge in [0.25, 0.3) is 0 Å². The standard InChI is InChI=1S/C4H8.C2H6S/c1-2-4-3-1;1-3-2/h1-4H2;1-2H3. The van der Waals surface area contributed by atoms with Crippen molar-refractivity contribution in [2.45, 2.75) is 25.7 Å². The lowest BCUT2D eigenvalue weighted by atomic mass is 10.0. The van der Waals surface area contributed by atoms with Crippen molar-refractivity contribution in [3.63, 3.8) is 0 Å². The number of thioether (sulfide) groups is 1. The molecular weight excluding hydrogens is 104 g/mol. The van der Waals surface area contributed by atoms with Crippen molar-refractivity contribution in [2.75, 3.05) is 12.5 Å². The summed E-state index contributed by atoms with van der Waals surface area (Å²) in [6, 6.07) is 0. The fourth-order valence-corrected chi connectivity index (χ4v) is 0.250. The van der Waals surface area contributed by atoms with Crippen molar-refractivity contribution < 1.29 is 0 Å². The second-order valence-electron chi connectivity index (χ2n) is 1.82. The smallest absolute Gasteiger partial charge is 0.0187 e. The SMILES string of the molecule is C1CCC1.CSC. The highest BCUT2D eigenvalue weighted by Gasteiger charge is 1.95. The fourth-order valence-electron chi connectivity index (χ4n) is 0.250. The Hall–Kier alpha value is 0.350. The number of hydrogen-bond acceptors (Lipinski definition) is 1. The summed E-state index contributed by atoms with van der Waals surface area (Å²) in [6.07, 6.45) is 10.1. The van der Waals surface area contributed by atoms with E-state index in [1.54, 1.807) is 11.8 Å². The van der Waals surface area contributed by atoms with Gasteiger partial charge in [-0.15, -0.1) is 0 Å². The number of hydrogen-bond donors (Lipinski definition) is 0. The zero-order valence-electron chi connectivity index (χ0n) is 5.24. The van der Waals surface area contributed by atoms with Crippen molar-refractivity contribution in [3.05, 3.63) is 0 Å². The van der Waals surface area contributed by atoms with E-state index in [1.807, 2.05) is 12.5 Å². The molecule has 0 bridgehead atoms. The highest BCUT2D eigenvalue weighted by Crippen LogP contribution is 2.15. The Labute approximate surface area is 50.7 Å². The quantitative estimate of drug-likeness (QED) is 0.471. The Morgan fingerprint density at radius 3 is 1.00 bits per heavy atom. The molecule has 0 saturated heterocycles. The molecule has 1 fully saturated rings. The third-order valence-electron chi connectivity index (χ3n) is 1.000. The van der Waals surface area contributed by atoms with E-state index in [0.29, 0.717) is 0 Å². The Morgan fingerprint density at radius 2 is 1.00 bits per heavy atom. The van der Waals surface area contributed by atoms with Crippen molar-refractivity contribution in [1.29, 1.82) is 0 Å². The average molecular weight is 118 g/mol. The Kier molecular flexibility index (Phi) is 6.67. The molecule has 0 atom stereocenters. The highest BCUT2D eigenvalue weighted by molar-refractivity contribution is 7.97. The van der Waals surface area contributed by atoms with Crippen LogP contribution in [0.3, 0.4) is 0 Å². The van der Waals surface area contributed by atoms with E-state index in [9.17, 15) is 0 Å². The molecule has 0 N–H and O–H groups in total. The topological polar surface area (TPSA) is 0 Å². The summed E-state index contributed by atoms with van der Waals surface area (Å²) < 4.78 is 0. The van der Waals surface area contributed by atoms with Crippen LogP contribution in [0.1, 0.15) is 25.7 Å². The average Bonchev–Trinajstić information content (AvgIpc) is 1.27. The highest BCUT2D eigenvalue weighted by atomic mass is 32.2. The lowest BCUT2D eigenvalue weighted by Gasteiger charge is -2.05. The van der Waals surface area contributed by atoms with Crippen LogP contribution in [0.25, 0.3) is 0 Å². The van der Waals surface area contributed by atoms with Crippen LogP contribution in [-0.2, 0) is 0 Å². The van der Waals surface area contributed by atoms with Gasteiger partial charge in [-0.1, -0.05) is 25.7 Å². The Morgan fingerprint density at radius 1 is 0.857 bits per heavy atom. The van der Waals surface area contributed by atoms with Crippen LogP contribution in [0.15, 0.2) is 0 Å². The summed E-state index contributed by atoms with van der Waals surface area (Å²) in [6.45, 7) is 0. The van der Waals surface area contributed by atoms with Crippen LogP contribution >= 0.6 is 11.8 Å². The summed E-state index contributed by atoms with van der Waals surface area (Å²) in [4.78, 5) is 0. The van der Waals surface area contributed by atoms with Crippen molar-refractivity contribution in [1.82, 2.24) is 0 Å². The molecular formula is C6H14S. The van der Waals surface area contributed by atoms with Crippen LogP contribution in [0.2, 0.25) is 0 Å². The normalized spacial score (nSPS) is 16.3. The van der Waals surface area contributed by atoms with Gasteiger partial charge in [0.05, 0.1) is 0 Å². The lowest BCUT2D eigenvalue weighted by Crippen LogP contribution is -1.85. The minimum absolute atomic E-state index is 1.50. The first-order valence-corrected chi connectivity index (χ1v) is 4.45. The van der Waals surface area contributed by atoms with E-state index in [4.69, 9.17) is 0 Å². The van der Waals surface area contributed by atoms with Crippen LogP contribution in [0.5, 0.6) is 0 Å². The second-order valence-corrected chi connectivity index (χ2v) is 2.64. The zero-order valence-corrected chi connectivity index (χ0v) is 6.05. The maximum absolute atomic E-state index is 2.04. The molecule has 0 nitrogen and oxygen atoms in total. The maximum atomic E-state index is 2.04. The summed E-state index contributed by atoms with van der Waals surface area (Å²) in [5.74, 6) is 0. The van der Waals surface area contributed by atoms with Gasteiger partial charge in [0.2, 0.25) is 0 Å². The molecule has 0 aromatic rings. The summed E-state index contributed by atoms with van der Waals surface area (Å²) >= 11 is 1.75. The van der Waals surface area contributed by atoms with Gasteiger partial charge in [-0.05, 0) is 12.5 Å². The van der Waals surface area contributed by atoms with Gasteiger partial charge in [0, 0.05) is 0 Å². The van der Waals surface area contributed by atoms with Gasteiger partial charge in [0.1, 0.15) is 0 Å². The molecule has 1 heteroatoms. The van der Waals surface area contributed by atoms with E-state index in [2.05, 4.69) is 0 Å².